The molecule has 142 valence electrons. The van der Waals surface area contributed by atoms with Crippen LogP contribution in [0.5, 0.6) is 0 Å². The molecule has 9 heteroatoms. The van der Waals surface area contributed by atoms with E-state index in [0.29, 0.717) is 44.7 Å². The first-order chi connectivity index (χ1) is 12.7. The van der Waals surface area contributed by atoms with Crippen molar-refractivity contribution < 1.29 is 23.7 Å². The van der Waals surface area contributed by atoms with Crippen molar-refractivity contribution in [1.29, 1.82) is 0 Å². The van der Waals surface area contributed by atoms with Crippen LogP contribution in [0.4, 0.5) is 10.6 Å². The van der Waals surface area contributed by atoms with Gasteiger partial charge in [-0.2, -0.15) is 5.10 Å². The van der Waals surface area contributed by atoms with Crippen molar-refractivity contribution in [2.45, 2.75) is 37.9 Å². The number of nitrogens with two attached hydrogens (primary N) is 1. The summed E-state index contributed by atoms with van der Waals surface area (Å²) in [5, 5.41) is 4.21. The smallest absolute Gasteiger partial charge is 0.432 e. The number of nitrogens with zero attached hydrogens (tertiary/aromatic N) is 3. The van der Waals surface area contributed by atoms with E-state index in [1.165, 1.54) is 6.33 Å². The molecule has 0 spiro atoms. The van der Waals surface area contributed by atoms with E-state index >= 15 is 0 Å². The molecule has 0 amide bonds. The topological polar surface area (TPSA) is 110 Å². The Morgan fingerprint density at radius 3 is 3.00 bits per heavy atom. The maximum absolute atomic E-state index is 11.8. The average Bonchev–Trinajstić information content (AvgIpc) is 3.07. The molecule has 1 aliphatic heterocycles. The molecular weight excluding hydrogens is 340 g/mol. The molecule has 1 saturated heterocycles. The maximum Gasteiger partial charge on any atom is 0.508 e. The number of carbonyl (C=O) groups is 1. The number of hydrogen-bond donors (Lipinski definition) is 1. The molecule has 1 atom stereocenters. The molecule has 0 saturated carbocycles. The van der Waals surface area contributed by atoms with Gasteiger partial charge >= 0.3 is 6.16 Å². The molecule has 3 rings (SSSR count). The molecular formula is C17H24N4O5. The zero-order chi connectivity index (χ0) is 18.4. The molecule has 0 bridgehead atoms. The Labute approximate surface area is 151 Å². The van der Waals surface area contributed by atoms with E-state index in [2.05, 4.69) is 10.1 Å². The molecule has 0 aliphatic carbocycles. The minimum Gasteiger partial charge on any atom is -0.432 e. The number of hydrogen-bond acceptors (Lipinski definition) is 8. The number of anilines is 1. The van der Waals surface area contributed by atoms with Crippen LogP contribution in [0.15, 0.2) is 18.5 Å². The van der Waals surface area contributed by atoms with E-state index in [9.17, 15) is 4.79 Å². The van der Waals surface area contributed by atoms with Gasteiger partial charge in [-0.3, -0.25) is 0 Å². The third-order valence-electron chi connectivity index (χ3n) is 4.43. The summed E-state index contributed by atoms with van der Waals surface area (Å²) in [6.07, 6.45) is 3.17. The van der Waals surface area contributed by atoms with Crippen molar-refractivity contribution in [3.8, 4) is 0 Å². The van der Waals surface area contributed by atoms with Gasteiger partial charge in [0, 0.05) is 25.6 Å². The zero-order valence-electron chi connectivity index (χ0n) is 14.8. The lowest BCUT2D eigenvalue weighted by molar-refractivity contribution is -0.0430. The van der Waals surface area contributed by atoms with Gasteiger partial charge in [-0.1, -0.05) is 0 Å². The van der Waals surface area contributed by atoms with Crippen molar-refractivity contribution >= 4 is 17.5 Å². The highest BCUT2D eigenvalue weighted by Gasteiger charge is 2.20. The summed E-state index contributed by atoms with van der Waals surface area (Å²) < 4.78 is 22.9. The van der Waals surface area contributed by atoms with Gasteiger partial charge in [0.15, 0.2) is 5.82 Å². The number of nitrogen functional groups attached to an aromatic ring is 1. The van der Waals surface area contributed by atoms with E-state index in [4.69, 9.17) is 24.7 Å². The Hall–Kier alpha value is -2.39. The van der Waals surface area contributed by atoms with E-state index < -0.39 is 6.16 Å². The zero-order valence-corrected chi connectivity index (χ0v) is 14.8. The highest BCUT2D eigenvalue weighted by Crippen LogP contribution is 2.16. The van der Waals surface area contributed by atoms with Crippen LogP contribution in [-0.4, -0.2) is 59.9 Å². The molecule has 26 heavy (non-hydrogen) atoms. The summed E-state index contributed by atoms with van der Waals surface area (Å²) >= 11 is 0. The molecule has 2 N–H and O–H groups in total. The largest absolute Gasteiger partial charge is 0.508 e. The number of methoxy groups -OCH3 is 1. The standard InChI is InChI=1S/C17H24N4O5/c1-23-14(10-25-17(22)26-13-6-8-24-9-7-13)4-2-12-3-5-15-16(18)19-11-20-21(12)15/h3,5,11,13-14H,2,4,6-10H2,1H3,(H2,18,19,20). The number of aromatic nitrogens is 3. The fourth-order valence-electron chi connectivity index (χ4n) is 2.90. The van der Waals surface area contributed by atoms with Crippen molar-refractivity contribution in [2.24, 2.45) is 0 Å². The third-order valence-corrected chi connectivity index (χ3v) is 4.43. The third kappa shape index (κ3) is 4.61. The molecule has 0 radical (unpaired) electrons. The Bertz CT molecular complexity index is 729. The first-order valence-corrected chi connectivity index (χ1v) is 8.68. The molecule has 1 unspecified atom stereocenters. The van der Waals surface area contributed by atoms with E-state index in [0.717, 1.165) is 11.2 Å². The van der Waals surface area contributed by atoms with Gasteiger partial charge in [-0.15, -0.1) is 0 Å². The first kappa shape index (κ1) is 18.4. The fraction of sp³-hybridized carbons (Fsp3) is 0.588. The van der Waals surface area contributed by atoms with Gasteiger partial charge < -0.3 is 24.7 Å². The van der Waals surface area contributed by atoms with E-state index in [1.54, 1.807) is 11.6 Å². The Kier molecular flexibility index (Phi) is 6.24. The highest BCUT2D eigenvalue weighted by atomic mass is 16.7. The van der Waals surface area contributed by atoms with Crippen molar-refractivity contribution in [2.75, 3.05) is 32.7 Å². The summed E-state index contributed by atoms with van der Waals surface area (Å²) in [5.41, 5.74) is 7.59. The van der Waals surface area contributed by atoms with Gasteiger partial charge in [0.1, 0.15) is 24.6 Å². The summed E-state index contributed by atoms with van der Waals surface area (Å²) in [5.74, 6) is 0.439. The van der Waals surface area contributed by atoms with Gasteiger partial charge in [-0.05, 0) is 25.0 Å². The summed E-state index contributed by atoms with van der Waals surface area (Å²) in [6.45, 7) is 1.36. The quantitative estimate of drug-likeness (QED) is 0.738. The Morgan fingerprint density at radius 2 is 2.23 bits per heavy atom. The SMILES string of the molecule is COC(CCc1ccc2c(N)ncnn12)COC(=O)OC1CCOCC1. The number of ether oxygens (including phenoxy) is 4. The maximum atomic E-state index is 11.8. The lowest BCUT2D eigenvalue weighted by Gasteiger charge is -2.22. The van der Waals surface area contributed by atoms with Gasteiger partial charge in [0.2, 0.25) is 0 Å². The second-order valence-electron chi connectivity index (χ2n) is 6.15. The number of rotatable bonds is 7. The second-order valence-corrected chi connectivity index (χ2v) is 6.15. The van der Waals surface area contributed by atoms with Crippen LogP contribution < -0.4 is 5.73 Å². The Morgan fingerprint density at radius 1 is 1.42 bits per heavy atom. The van der Waals surface area contributed by atoms with Gasteiger partial charge in [0.05, 0.1) is 19.3 Å². The van der Waals surface area contributed by atoms with Crippen LogP contribution in [0, 0.1) is 0 Å². The molecule has 1 aliphatic rings. The van der Waals surface area contributed by atoms with E-state index in [1.807, 2.05) is 12.1 Å². The summed E-state index contributed by atoms with van der Waals surface area (Å²) in [4.78, 5) is 15.8. The lowest BCUT2D eigenvalue weighted by Crippen LogP contribution is -2.28. The summed E-state index contributed by atoms with van der Waals surface area (Å²) in [7, 11) is 1.59. The van der Waals surface area contributed by atoms with Crippen LogP contribution in [-0.2, 0) is 25.4 Å². The van der Waals surface area contributed by atoms with Crippen LogP contribution in [0.1, 0.15) is 25.0 Å². The highest BCUT2D eigenvalue weighted by molar-refractivity contribution is 5.65. The number of carbonyl (C=O) groups excluding carboxylic acids is 1. The lowest BCUT2D eigenvalue weighted by atomic mass is 10.1. The van der Waals surface area contributed by atoms with Crippen LogP contribution in [0.2, 0.25) is 0 Å². The van der Waals surface area contributed by atoms with Gasteiger partial charge in [0.25, 0.3) is 0 Å². The number of aryl methyl sites for hydroxylation is 1. The van der Waals surface area contributed by atoms with Crippen LogP contribution in [0.3, 0.4) is 0 Å². The minimum absolute atomic E-state index is 0.130. The molecule has 9 nitrogen and oxygen atoms in total. The van der Waals surface area contributed by atoms with Crippen molar-refractivity contribution in [3.05, 3.63) is 24.2 Å². The molecule has 1 fully saturated rings. The number of fused-ring (bicyclic) bond motifs is 1. The second kappa shape index (κ2) is 8.81. The first-order valence-electron chi connectivity index (χ1n) is 8.68. The van der Waals surface area contributed by atoms with Crippen molar-refractivity contribution in [1.82, 2.24) is 14.6 Å². The fourth-order valence-corrected chi connectivity index (χ4v) is 2.90. The monoisotopic (exact) mass is 364 g/mol. The van der Waals surface area contributed by atoms with Gasteiger partial charge in [-0.25, -0.2) is 14.3 Å². The van der Waals surface area contributed by atoms with Crippen LogP contribution >= 0.6 is 0 Å². The predicted molar refractivity (Wildman–Crippen MR) is 92.8 cm³/mol. The molecule has 2 aromatic rings. The average molecular weight is 364 g/mol. The predicted octanol–water partition coefficient (Wildman–Crippen LogP) is 1.59. The normalized spacial score (nSPS) is 16.5. The molecule has 0 aromatic carbocycles. The minimum atomic E-state index is -0.660. The van der Waals surface area contributed by atoms with Crippen LogP contribution in [0.25, 0.3) is 5.52 Å². The van der Waals surface area contributed by atoms with E-state index in [-0.39, 0.29) is 18.8 Å². The molecule has 2 aromatic heterocycles. The summed E-state index contributed by atoms with van der Waals surface area (Å²) in [6, 6.07) is 3.83. The Balaban J connectivity index is 1.46. The van der Waals surface area contributed by atoms with Crippen molar-refractivity contribution in [3.63, 3.8) is 0 Å². The molecule has 3 heterocycles.